The van der Waals surface area contributed by atoms with Gasteiger partial charge in [-0.15, -0.1) is 0 Å². The van der Waals surface area contributed by atoms with E-state index in [4.69, 9.17) is 15.2 Å². The van der Waals surface area contributed by atoms with Crippen molar-refractivity contribution in [3.63, 3.8) is 0 Å². The number of aromatic nitrogens is 1. The van der Waals surface area contributed by atoms with Gasteiger partial charge in [0, 0.05) is 13.2 Å². The number of nitrogens with two attached hydrogens (primary N) is 1. The maximum absolute atomic E-state index is 11.9. The number of ether oxygens (including phenoxy) is 2. The summed E-state index contributed by atoms with van der Waals surface area (Å²) >= 11 is 0. The van der Waals surface area contributed by atoms with Crippen LogP contribution < -0.4 is 15.2 Å². The van der Waals surface area contributed by atoms with Crippen LogP contribution in [-0.4, -0.2) is 17.6 Å². The summed E-state index contributed by atoms with van der Waals surface area (Å²) in [5.41, 5.74) is 6.10. The number of benzene rings is 1. The number of anilines is 1. The normalized spacial score (nSPS) is 10.1. The highest BCUT2D eigenvalue weighted by atomic mass is 16.6. The molecule has 1 aromatic heterocycles. The molecule has 2 rings (SSSR count). The highest BCUT2D eigenvalue weighted by Gasteiger charge is 2.16. The van der Waals surface area contributed by atoms with Crippen LogP contribution in [0.5, 0.6) is 11.5 Å². The molecular formula is C13H14N2O3. The van der Waals surface area contributed by atoms with E-state index < -0.39 is 5.97 Å². The molecule has 0 radical (unpaired) electrons. The van der Waals surface area contributed by atoms with Crippen LogP contribution in [0.3, 0.4) is 0 Å². The summed E-state index contributed by atoms with van der Waals surface area (Å²) in [5.74, 6) is 0.737. The van der Waals surface area contributed by atoms with Gasteiger partial charge in [-0.3, -0.25) is 0 Å². The third-order valence-electron chi connectivity index (χ3n) is 2.61. The Bertz CT molecular complexity index is 575. The molecule has 1 aromatic carbocycles. The third-order valence-corrected chi connectivity index (χ3v) is 2.61. The highest BCUT2D eigenvalue weighted by molar-refractivity contribution is 5.96. The van der Waals surface area contributed by atoms with E-state index in [2.05, 4.69) is 0 Å². The Kier molecular flexibility index (Phi) is 3.23. The lowest BCUT2D eigenvalue weighted by atomic mass is 10.3. The van der Waals surface area contributed by atoms with Crippen LogP contribution in [0.2, 0.25) is 0 Å². The first-order chi connectivity index (χ1) is 8.63. The number of para-hydroxylation sites is 2. The average Bonchev–Trinajstić information content (AvgIpc) is 2.71. The van der Waals surface area contributed by atoms with Crippen LogP contribution in [0.4, 0.5) is 5.82 Å². The summed E-state index contributed by atoms with van der Waals surface area (Å²) in [7, 11) is 3.28. The van der Waals surface area contributed by atoms with E-state index in [0.717, 1.165) is 0 Å². The Hall–Kier alpha value is -2.43. The molecule has 0 fully saturated rings. The second-order valence-corrected chi connectivity index (χ2v) is 3.77. The van der Waals surface area contributed by atoms with Crippen molar-refractivity contribution in [1.82, 2.24) is 4.57 Å². The SMILES string of the molecule is COc1ccccc1OC(=O)c1ccn(C)c1N. The smallest absolute Gasteiger partial charge is 0.347 e. The van der Waals surface area contributed by atoms with Crippen molar-refractivity contribution in [3.8, 4) is 11.5 Å². The molecule has 2 N–H and O–H groups in total. The molecule has 1 heterocycles. The fraction of sp³-hybridized carbons (Fsp3) is 0.154. The number of nitrogens with zero attached hydrogens (tertiary/aromatic N) is 1. The number of carbonyl (C=O) groups excluding carboxylic acids is 1. The third kappa shape index (κ3) is 2.15. The van der Waals surface area contributed by atoms with Crippen LogP contribution in [0.15, 0.2) is 36.5 Å². The van der Waals surface area contributed by atoms with E-state index in [-0.39, 0.29) is 0 Å². The zero-order chi connectivity index (χ0) is 13.1. The monoisotopic (exact) mass is 246 g/mol. The number of hydrogen-bond donors (Lipinski definition) is 1. The molecule has 18 heavy (non-hydrogen) atoms. The molecular weight excluding hydrogens is 232 g/mol. The standard InChI is InChI=1S/C13H14N2O3/c1-15-8-7-9(12(15)14)13(16)18-11-6-4-3-5-10(11)17-2/h3-8H,14H2,1-2H3. The second-order valence-electron chi connectivity index (χ2n) is 3.77. The van der Waals surface area contributed by atoms with Crippen molar-refractivity contribution < 1.29 is 14.3 Å². The Balaban J connectivity index is 2.24. The van der Waals surface area contributed by atoms with Gasteiger partial charge in [0.25, 0.3) is 0 Å². The van der Waals surface area contributed by atoms with Gasteiger partial charge in [0.05, 0.1) is 7.11 Å². The maximum Gasteiger partial charge on any atom is 0.347 e. The summed E-state index contributed by atoms with van der Waals surface area (Å²) in [5, 5.41) is 0. The minimum Gasteiger partial charge on any atom is -0.493 e. The molecule has 0 aliphatic rings. The summed E-state index contributed by atoms with van der Waals surface area (Å²) in [4.78, 5) is 11.9. The lowest BCUT2D eigenvalue weighted by Crippen LogP contribution is -2.11. The maximum atomic E-state index is 11.9. The number of rotatable bonds is 3. The molecule has 0 amide bonds. The molecule has 0 atom stereocenters. The van der Waals surface area contributed by atoms with Crippen molar-refractivity contribution in [3.05, 3.63) is 42.1 Å². The molecule has 0 unspecified atom stereocenters. The van der Waals surface area contributed by atoms with Gasteiger partial charge in [-0.1, -0.05) is 12.1 Å². The quantitative estimate of drug-likeness (QED) is 0.662. The zero-order valence-electron chi connectivity index (χ0n) is 10.2. The lowest BCUT2D eigenvalue weighted by molar-refractivity contribution is 0.0731. The van der Waals surface area contributed by atoms with E-state index in [9.17, 15) is 4.79 Å². The topological polar surface area (TPSA) is 66.5 Å². The molecule has 0 aliphatic heterocycles. The molecule has 0 saturated carbocycles. The first-order valence-corrected chi connectivity index (χ1v) is 5.39. The van der Waals surface area contributed by atoms with Crippen molar-refractivity contribution in [2.45, 2.75) is 0 Å². The van der Waals surface area contributed by atoms with Gasteiger partial charge in [-0.2, -0.15) is 0 Å². The number of nitrogen functional groups attached to an aromatic ring is 1. The average molecular weight is 246 g/mol. The summed E-state index contributed by atoms with van der Waals surface area (Å²) in [6.45, 7) is 0. The van der Waals surface area contributed by atoms with Crippen molar-refractivity contribution in [2.24, 2.45) is 7.05 Å². The van der Waals surface area contributed by atoms with Crippen LogP contribution in [-0.2, 0) is 7.05 Å². The molecule has 94 valence electrons. The second kappa shape index (κ2) is 4.83. The van der Waals surface area contributed by atoms with Gasteiger partial charge in [0.1, 0.15) is 11.4 Å². The van der Waals surface area contributed by atoms with Crippen LogP contribution in [0.1, 0.15) is 10.4 Å². The number of esters is 1. The molecule has 0 aliphatic carbocycles. The fourth-order valence-electron chi connectivity index (χ4n) is 1.57. The predicted octanol–water partition coefficient (Wildman–Crippen LogP) is 1.84. The summed E-state index contributed by atoms with van der Waals surface area (Å²) in [6, 6.07) is 8.56. The summed E-state index contributed by atoms with van der Waals surface area (Å²) < 4.78 is 12.0. The van der Waals surface area contributed by atoms with Crippen LogP contribution in [0, 0.1) is 0 Å². The predicted molar refractivity (Wildman–Crippen MR) is 67.8 cm³/mol. The van der Waals surface area contributed by atoms with E-state index in [1.54, 1.807) is 48.1 Å². The van der Waals surface area contributed by atoms with E-state index in [1.807, 2.05) is 0 Å². The van der Waals surface area contributed by atoms with Gasteiger partial charge >= 0.3 is 5.97 Å². The largest absolute Gasteiger partial charge is 0.493 e. The Morgan fingerprint density at radius 2 is 1.89 bits per heavy atom. The fourth-order valence-corrected chi connectivity index (χ4v) is 1.57. The molecule has 0 saturated heterocycles. The number of methoxy groups -OCH3 is 1. The molecule has 2 aromatic rings. The van der Waals surface area contributed by atoms with Crippen molar-refractivity contribution in [2.75, 3.05) is 12.8 Å². The molecule has 0 spiro atoms. The zero-order valence-corrected chi connectivity index (χ0v) is 10.2. The van der Waals surface area contributed by atoms with Crippen molar-refractivity contribution in [1.29, 1.82) is 0 Å². The summed E-state index contributed by atoms with van der Waals surface area (Å²) in [6.07, 6.45) is 1.70. The lowest BCUT2D eigenvalue weighted by Gasteiger charge is -2.08. The van der Waals surface area contributed by atoms with E-state index in [0.29, 0.717) is 22.9 Å². The highest BCUT2D eigenvalue weighted by Crippen LogP contribution is 2.27. The van der Waals surface area contributed by atoms with Gasteiger partial charge in [-0.05, 0) is 18.2 Å². The minimum atomic E-state index is -0.502. The van der Waals surface area contributed by atoms with Gasteiger partial charge in [0.2, 0.25) is 0 Å². The van der Waals surface area contributed by atoms with Crippen LogP contribution >= 0.6 is 0 Å². The van der Waals surface area contributed by atoms with Gasteiger partial charge in [-0.25, -0.2) is 4.79 Å². The van der Waals surface area contributed by atoms with E-state index >= 15 is 0 Å². The number of aryl methyl sites for hydroxylation is 1. The number of carbonyl (C=O) groups is 1. The molecule has 0 bridgehead atoms. The number of hydrogen-bond acceptors (Lipinski definition) is 4. The van der Waals surface area contributed by atoms with Gasteiger partial charge < -0.3 is 19.8 Å². The van der Waals surface area contributed by atoms with Gasteiger partial charge in [0.15, 0.2) is 11.5 Å². The first-order valence-electron chi connectivity index (χ1n) is 5.39. The van der Waals surface area contributed by atoms with Crippen molar-refractivity contribution >= 4 is 11.8 Å². The van der Waals surface area contributed by atoms with E-state index in [1.165, 1.54) is 7.11 Å². The Morgan fingerprint density at radius 3 is 2.44 bits per heavy atom. The first kappa shape index (κ1) is 12.0. The molecule has 5 nitrogen and oxygen atoms in total. The minimum absolute atomic E-state index is 0.336. The Labute approximate surface area is 105 Å². The molecule has 5 heteroatoms. The van der Waals surface area contributed by atoms with Crippen LogP contribution in [0.25, 0.3) is 0 Å². The Morgan fingerprint density at radius 1 is 1.22 bits per heavy atom.